The molecule has 1 amide bonds. The maximum absolute atomic E-state index is 14.3. The van der Waals surface area contributed by atoms with Crippen molar-refractivity contribution in [2.24, 2.45) is 0 Å². The molecule has 358 valence electrons. The highest BCUT2D eigenvalue weighted by molar-refractivity contribution is 7.87. The van der Waals surface area contributed by atoms with Crippen LogP contribution in [0.5, 0.6) is 0 Å². The van der Waals surface area contributed by atoms with Gasteiger partial charge in [-0.25, -0.2) is 9.59 Å². The Morgan fingerprint density at radius 1 is 0.691 bits per heavy atom. The maximum atomic E-state index is 14.3. The molecule has 17 heteroatoms. The third-order valence-corrected chi connectivity index (χ3v) is 12.9. The minimum Gasteiger partial charge on any atom is -0.460 e. The molecule has 13 nitrogen and oxygen atoms in total. The Balaban J connectivity index is 1.10. The highest BCUT2D eigenvalue weighted by atomic mass is 32.2. The van der Waals surface area contributed by atoms with E-state index in [1.807, 2.05) is 78.9 Å². The standard InChI is InChI=1S/C51H50F3NO12S/c1-2-26-61-48(56)43-27-37(28-55(43)50(57)64-32-42-40-24-14-12-22-38(40)39-23-13-15-25-41(39)42)65-49-47(67-68(58,59)51(52,53)54)46(63-31-36-20-10-5-11-21-36)45(62-30-35-18-8-4-9-19-35)44(66-49)33-60-29-34-16-6-3-7-17-34/h2-25,37,42-47,49H,1,26-33H2/t37-,43+,44-,45-,46+,47+,49-/m1/s1. The Morgan fingerprint density at radius 2 is 1.22 bits per heavy atom. The van der Waals surface area contributed by atoms with Crippen LogP contribution in [0, 0.1) is 0 Å². The fourth-order valence-electron chi connectivity index (χ4n) is 8.64. The smallest absolute Gasteiger partial charge is 0.460 e. The normalized spacial score (nSPS) is 22.6. The number of ether oxygens (including phenoxy) is 7. The molecule has 2 saturated heterocycles. The van der Waals surface area contributed by atoms with Gasteiger partial charge in [0.15, 0.2) is 12.4 Å². The molecular weight excluding hydrogens is 908 g/mol. The second kappa shape index (κ2) is 22.0. The topological polar surface area (TPSA) is 145 Å². The number of halogens is 3. The van der Waals surface area contributed by atoms with Gasteiger partial charge >= 0.3 is 27.7 Å². The van der Waals surface area contributed by atoms with E-state index in [0.29, 0.717) is 11.1 Å². The lowest BCUT2D eigenvalue weighted by atomic mass is 9.98. The Kier molecular flexibility index (Phi) is 15.7. The molecule has 7 atom stereocenters. The van der Waals surface area contributed by atoms with Crippen molar-refractivity contribution in [2.45, 2.75) is 80.5 Å². The zero-order chi connectivity index (χ0) is 47.7. The van der Waals surface area contributed by atoms with Gasteiger partial charge in [0.1, 0.15) is 37.6 Å². The van der Waals surface area contributed by atoms with E-state index in [1.165, 1.54) is 6.08 Å². The molecule has 0 aromatic heterocycles. The van der Waals surface area contributed by atoms with Crippen LogP contribution in [-0.2, 0) is 72.1 Å². The molecule has 8 rings (SSSR count). The summed E-state index contributed by atoms with van der Waals surface area (Å²) in [7, 11) is -6.35. The highest BCUT2D eigenvalue weighted by Crippen LogP contribution is 2.45. The Hall–Kier alpha value is -5.92. The maximum Gasteiger partial charge on any atom is 0.523 e. The Labute approximate surface area is 392 Å². The number of likely N-dealkylation sites (tertiary alicyclic amines) is 1. The molecule has 0 radical (unpaired) electrons. The van der Waals surface area contributed by atoms with E-state index in [1.54, 1.807) is 60.7 Å². The predicted octanol–water partition coefficient (Wildman–Crippen LogP) is 8.47. The summed E-state index contributed by atoms with van der Waals surface area (Å²) in [5.41, 5.74) is 0.143. The lowest BCUT2D eigenvalue weighted by Crippen LogP contribution is -2.63. The molecule has 68 heavy (non-hydrogen) atoms. The fraction of sp³-hybridized carbons (Fsp3) is 0.333. The average Bonchev–Trinajstić information content (AvgIpc) is 3.92. The van der Waals surface area contributed by atoms with Crippen LogP contribution in [0.1, 0.15) is 40.2 Å². The number of nitrogens with zero attached hydrogens (tertiary/aromatic N) is 1. The van der Waals surface area contributed by atoms with Gasteiger partial charge in [0.05, 0.1) is 39.1 Å². The molecule has 5 aromatic rings. The summed E-state index contributed by atoms with van der Waals surface area (Å²) in [4.78, 5) is 28.8. The molecule has 0 saturated carbocycles. The number of rotatable bonds is 19. The largest absolute Gasteiger partial charge is 0.523 e. The van der Waals surface area contributed by atoms with Crippen molar-refractivity contribution in [3.8, 4) is 11.1 Å². The highest BCUT2D eigenvalue weighted by Gasteiger charge is 2.57. The van der Waals surface area contributed by atoms with Gasteiger partial charge in [0, 0.05) is 12.3 Å². The second-order valence-corrected chi connectivity index (χ2v) is 18.0. The number of carbonyl (C=O) groups is 2. The van der Waals surface area contributed by atoms with Gasteiger partial charge in [-0.05, 0) is 38.9 Å². The van der Waals surface area contributed by atoms with Crippen LogP contribution in [0.15, 0.2) is 152 Å². The molecule has 2 aliphatic heterocycles. The van der Waals surface area contributed by atoms with Crippen molar-refractivity contribution in [1.82, 2.24) is 4.90 Å². The van der Waals surface area contributed by atoms with E-state index in [2.05, 4.69) is 6.58 Å². The van der Waals surface area contributed by atoms with E-state index in [0.717, 1.165) is 32.7 Å². The van der Waals surface area contributed by atoms with Gasteiger partial charge in [0.25, 0.3) is 0 Å². The van der Waals surface area contributed by atoms with Crippen LogP contribution in [-0.4, -0.2) is 100 Å². The molecule has 1 aliphatic carbocycles. The summed E-state index contributed by atoms with van der Waals surface area (Å²) in [6.07, 6.45) is -9.17. The minimum atomic E-state index is -6.35. The third-order valence-electron chi connectivity index (χ3n) is 11.9. The number of amides is 1. The van der Waals surface area contributed by atoms with Gasteiger partial charge in [-0.3, -0.25) is 9.08 Å². The molecule has 2 fully saturated rings. The van der Waals surface area contributed by atoms with Crippen LogP contribution < -0.4 is 0 Å². The number of hydrogen-bond acceptors (Lipinski definition) is 12. The van der Waals surface area contributed by atoms with Crippen LogP contribution >= 0.6 is 0 Å². The molecular formula is C51H50F3NO12S. The van der Waals surface area contributed by atoms with Crippen molar-refractivity contribution in [3.05, 3.63) is 180 Å². The lowest BCUT2D eigenvalue weighted by Gasteiger charge is -2.45. The zero-order valence-corrected chi connectivity index (χ0v) is 37.5. The van der Waals surface area contributed by atoms with Crippen molar-refractivity contribution in [3.63, 3.8) is 0 Å². The van der Waals surface area contributed by atoms with E-state index in [4.69, 9.17) is 37.3 Å². The summed E-state index contributed by atoms with van der Waals surface area (Å²) in [5.74, 6) is -1.14. The molecule has 0 unspecified atom stereocenters. The second-order valence-electron chi connectivity index (χ2n) is 16.4. The first-order valence-corrected chi connectivity index (χ1v) is 23.4. The van der Waals surface area contributed by atoms with Crippen LogP contribution in [0.25, 0.3) is 11.1 Å². The van der Waals surface area contributed by atoms with E-state index < -0.39 is 70.5 Å². The van der Waals surface area contributed by atoms with Crippen molar-refractivity contribution in [1.29, 1.82) is 0 Å². The number of esters is 1. The van der Waals surface area contributed by atoms with Crippen molar-refractivity contribution in [2.75, 3.05) is 26.4 Å². The average molecular weight is 958 g/mol. The van der Waals surface area contributed by atoms with Gasteiger partial charge in [-0.15, -0.1) is 0 Å². The van der Waals surface area contributed by atoms with Gasteiger partial charge in [-0.1, -0.05) is 152 Å². The number of hydrogen-bond donors (Lipinski definition) is 0. The Morgan fingerprint density at radius 3 is 1.78 bits per heavy atom. The third kappa shape index (κ3) is 11.5. The van der Waals surface area contributed by atoms with E-state index in [9.17, 15) is 31.2 Å². The molecule has 0 N–H and O–H groups in total. The monoisotopic (exact) mass is 957 g/mol. The summed E-state index contributed by atoms with van der Waals surface area (Å²) in [5, 5.41) is 0. The first-order chi connectivity index (χ1) is 32.9. The van der Waals surface area contributed by atoms with Gasteiger partial charge in [0.2, 0.25) is 0 Å². The summed E-state index contributed by atoms with van der Waals surface area (Å²) in [6.45, 7) is 2.53. The zero-order valence-electron chi connectivity index (χ0n) is 36.7. The number of alkyl halides is 3. The van der Waals surface area contributed by atoms with Crippen LogP contribution in [0.2, 0.25) is 0 Å². The summed E-state index contributed by atoms with van der Waals surface area (Å²) >= 11 is 0. The van der Waals surface area contributed by atoms with Crippen LogP contribution in [0.3, 0.4) is 0 Å². The molecule has 2 heterocycles. The Bertz CT molecular complexity index is 2540. The summed E-state index contributed by atoms with van der Waals surface area (Å²) in [6, 6.07) is 41.0. The molecule has 3 aliphatic rings. The SMILES string of the molecule is C=CCOC(=O)[C@@H]1C[C@@H](O[C@@H]2O[C@H](COCc3ccccc3)[C@@H](OCc3ccccc3)[C@H](OCc3ccccc3)[C@@H]2OS(=O)(=O)C(F)(F)F)CN1C(=O)OCC1c2ccccc2-c2ccccc21. The molecule has 0 bridgehead atoms. The lowest BCUT2D eigenvalue weighted by molar-refractivity contribution is -0.321. The van der Waals surface area contributed by atoms with Crippen molar-refractivity contribution < 1.29 is 68.5 Å². The summed E-state index contributed by atoms with van der Waals surface area (Å²) < 4.78 is 117. The first-order valence-electron chi connectivity index (χ1n) is 22.0. The number of benzene rings is 5. The quantitative estimate of drug-likeness (QED) is 0.0339. The van der Waals surface area contributed by atoms with Gasteiger partial charge < -0.3 is 33.2 Å². The fourth-order valence-corrected chi connectivity index (χ4v) is 9.24. The number of fused-ring (bicyclic) bond motifs is 3. The predicted molar refractivity (Wildman–Crippen MR) is 241 cm³/mol. The molecule has 5 aromatic carbocycles. The van der Waals surface area contributed by atoms with E-state index in [-0.39, 0.29) is 58.5 Å². The minimum absolute atomic E-state index is 0.0876. The molecule has 0 spiro atoms. The number of carbonyl (C=O) groups excluding carboxylic acids is 2. The first kappa shape index (κ1) is 48.5. The van der Waals surface area contributed by atoms with Crippen LogP contribution in [0.4, 0.5) is 18.0 Å². The van der Waals surface area contributed by atoms with Crippen molar-refractivity contribution >= 4 is 22.2 Å². The van der Waals surface area contributed by atoms with Gasteiger partial charge in [-0.2, -0.15) is 21.6 Å². The van der Waals surface area contributed by atoms with E-state index >= 15 is 0 Å².